The Morgan fingerprint density at radius 2 is 1.88 bits per heavy atom. The molecule has 2 aromatic rings. The van der Waals surface area contributed by atoms with Crippen molar-refractivity contribution in [1.29, 1.82) is 0 Å². The highest BCUT2D eigenvalue weighted by Gasteiger charge is 2.34. The number of hydrogen-bond donors (Lipinski definition) is 2. The zero-order chi connectivity index (χ0) is 17.7. The standard InChI is InChI=1S/C20H22BrNO3/c21-18-11-15(10-16(12-18)19(23)24)13-25-14-20(6-8-22-9-7-20)17-4-2-1-3-5-17/h1-5,10-12,22H,6-9,13-14H2,(H,23,24). The van der Waals surface area contributed by atoms with E-state index in [2.05, 4.69) is 45.5 Å². The number of aromatic carboxylic acids is 1. The minimum absolute atomic E-state index is 0.0220. The fourth-order valence-electron chi connectivity index (χ4n) is 3.43. The van der Waals surface area contributed by atoms with Gasteiger partial charge in [-0.05, 0) is 55.3 Å². The summed E-state index contributed by atoms with van der Waals surface area (Å²) in [4.78, 5) is 11.2. The van der Waals surface area contributed by atoms with Gasteiger partial charge in [-0.1, -0.05) is 46.3 Å². The number of carboxylic acid groups (broad SMARTS) is 1. The van der Waals surface area contributed by atoms with Crippen molar-refractivity contribution in [2.45, 2.75) is 24.9 Å². The first-order valence-electron chi connectivity index (χ1n) is 8.46. The van der Waals surface area contributed by atoms with Crippen molar-refractivity contribution in [3.05, 3.63) is 69.7 Å². The van der Waals surface area contributed by atoms with E-state index in [4.69, 9.17) is 4.74 Å². The van der Waals surface area contributed by atoms with Gasteiger partial charge >= 0.3 is 5.97 Å². The molecule has 1 aliphatic rings. The van der Waals surface area contributed by atoms with Gasteiger partial charge in [0.15, 0.2) is 0 Å². The largest absolute Gasteiger partial charge is 0.478 e. The highest BCUT2D eigenvalue weighted by atomic mass is 79.9. The van der Waals surface area contributed by atoms with E-state index in [0.29, 0.717) is 13.2 Å². The van der Waals surface area contributed by atoms with Crippen LogP contribution in [0.25, 0.3) is 0 Å². The van der Waals surface area contributed by atoms with E-state index in [1.54, 1.807) is 12.1 Å². The fourth-order valence-corrected chi connectivity index (χ4v) is 3.98. The second-order valence-corrected chi connectivity index (χ2v) is 7.46. The molecule has 0 radical (unpaired) electrons. The number of carboxylic acids is 1. The predicted octanol–water partition coefficient (Wildman–Crippen LogP) is 3.99. The summed E-state index contributed by atoms with van der Waals surface area (Å²) in [6.45, 7) is 3.01. The molecule has 3 rings (SSSR count). The van der Waals surface area contributed by atoms with Gasteiger partial charge in [0.2, 0.25) is 0 Å². The van der Waals surface area contributed by atoms with E-state index in [9.17, 15) is 9.90 Å². The van der Waals surface area contributed by atoms with Crippen LogP contribution in [0.15, 0.2) is 53.0 Å². The molecule has 0 saturated carbocycles. The average molecular weight is 404 g/mol. The van der Waals surface area contributed by atoms with E-state index < -0.39 is 5.97 Å². The molecular weight excluding hydrogens is 382 g/mol. The van der Waals surface area contributed by atoms with Gasteiger partial charge in [-0.25, -0.2) is 4.79 Å². The summed E-state index contributed by atoms with van der Waals surface area (Å²) in [6, 6.07) is 15.7. The van der Waals surface area contributed by atoms with Crippen molar-refractivity contribution in [3.8, 4) is 0 Å². The average Bonchev–Trinajstić information content (AvgIpc) is 2.63. The minimum atomic E-state index is -0.929. The maximum atomic E-state index is 11.2. The van der Waals surface area contributed by atoms with Crippen molar-refractivity contribution < 1.29 is 14.6 Å². The minimum Gasteiger partial charge on any atom is -0.478 e. The van der Waals surface area contributed by atoms with E-state index in [0.717, 1.165) is 36.0 Å². The molecule has 0 aromatic heterocycles. The molecule has 1 saturated heterocycles. The Morgan fingerprint density at radius 1 is 1.16 bits per heavy atom. The van der Waals surface area contributed by atoms with Crippen molar-refractivity contribution in [3.63, 3.8) is 0 Å². The van der Waals surface area contributed by atoms with Gasteiger partial charge in [-0.2, -0.15) is 0 Å². The lowest BCUT2D eigenvalue weighted by Gasteiger charge is -2.38. The molecule has 0 spiro atoms. The van der Waals surface area contributed by atoms with Crippen LogP contribution < -0.4 is 5.32 Å². The number of benzene rings is 2. The number of nitrogens with one attached hydrogen (secondary N) is 1. The molecule has 5 heteroatoms. The van der Waals surface area contributed by atoms with Crippen molar-refractivity contribution in [2.24, 2.45) is 0 Å². The normalized spacial score (nSPS) is 16.5. The lowest BCUT2D eigenvalue weighted by molar-refractivity contribution is 0.0563. The summed E-state index contributed by atoms with van der Waals surface area (Å²) >= 11 is 3.37. The van der Waals surface area contributed by atoms with Gasteiger partial charge in [0.25, 0.3) is 0 Å². The van der Waals surface area contributed by atoms with Crippen molar-refractivity contribution >= 4 is 21.9 Å². The Bertz CT molecular complexity index is 727. The molecule has 0 atom stereocenters. The third-order valence-electron chi connectivity index (χ3n) is 4.80. The van der Waals surface area contributed by atoms with Crippen LogP contribution in [-0.4, -0.2) is 30.8 Å². The molecule has 0 amide bonds. The number of hydrogen-bond acceptors (Lipinski definition) is 3. The van der Waals surface area contributed by atoms with Crippen LogP contribution in [0.4, 0.5) is 0 Å². The smallest absolute Gasteiger partial charge is 0.335 e. The lowest BCUT2D eigenvalue weighted by atomic mass is 9.74. The van der Waals surface area contributed by atoms with Crippen LogP contribution in [0, 0.1) is 0 Å². The second kappa shape index (κ2) is 8.13. The molecule has 0 bridgehead atoms. The first-order valence-corrected chi connectivity index (χ1v) is 9.25. The maximum Gasteiger partial charge on any atom is 0.335 e. The van der Waals surface area contributed by atoms with Crippen LogP contribution in [-0.2, 0) is 16.8 Å². The highest BCUT2D eigenvalue weighted by Crippen LogP contribution is 2.34. The Kier molecular flexibility index (Phi) is 5.89. The van der Waals surface area contributed by atoms with Gasteiger partial charge < -0.3 is 15.2 Å². The zero-order valence-electron chi connectivity index (χ0n) is 14.0. The monoisotopic (exact) mass is 403 g/mol. The summed E-state index contributed by atoms with van der Waals surface area (Å²) in [5.41, 5.74) is 2.47. The molecule has 2 aromatic carbocycles. The molecule has 4 nitrogen and oxygen atoms in total. The second-order valence-electron chi connectivity index (χ2n) is 6.54. The fraction of sp³-hybridized carbons (Fsp3) is 0.350. The quantitative estimate of drug-likeness (QED) is 0.765. The molecule has 132 valence electrons. The van der Waals surface area contributed by atoms with Gasteiger partial charge in [-0.3, -0.25) is 0 Å². The van der Waals surface area contributed by atoms with Crippen molar-refractivity contribution in [1.82, 2.24) is 5.32 Å². The Hall–Kier alpha value is -1.69. The van der Waals surface area contributed by atoms with Gasteiger partial charge in [0.1, 0.15) is 0 Å². The molecule has 2 N–H and O–H groups in total. The van der Waals surface area contributed by atoms with Crippen LogP contribution in [0.2, 0.25) is 0 Å². The number of piperidine rings is 1. The first-order chi connectivity index (χ1) is 12.1. The van der Waals surface area contributed by atoms with E-state index in [-0.39, 0.29) is 11.0 Å². The molecule has 1 fully saturated rings. The third kappa shape index (κ3) is 4.48. The lowest BCUT2D eigenvalue weighted by Crippen LogP contribution is -2.43. The molecule has 1 heterocycles. The Labute approximate surface area is 156 Å². The Morgan fingerprint density at radius 3 is 2.56 bits per heavy atom. The maximum absolute atomic E-state index is 11.2. The van der Waals surface area contributed by atoms with E-state index in [1.807, 2.05) is 12.1 Å². The van der Waals surface area contributed by atoms with Crippen LogP contribution in [0.1, 0.15) is 34.3 Å². The summed E-state index contributed by atoms with van der Waals surface area (Å²) in [7, 11) is 0. The molecule has 0 aliphatic carbocycles. The number of rotatable bonds is 6. The molecular formula is C20H22BrNO3. The third-order valence-corrected chi connectivity index (χ3v) is 5.26. The highest BCUT2D eigenvalue weighted by molar-refractivity contribution is 9.10. The SMILES string of the molecule is O=C(O)c1cc(Br)cc(COCC2(c3ccccc3)CCNCC2)c1. The summed E-state index contributed by atoms with van der Waals surface area (Å²) in [5.74, 6) is -0.929. The summed E-state index contributed by atoms with van der Waals surface area (Å²) in [6.07, 6.45) is 2.08. The topological polar surface area (TPSA) is 58.6 Å². The molecule has 25 heavy (non-hydrogen) atoms. The predicted molar refractivity (Wildman–Crippen MR) is 101 cm³/mol. The van der Waals surface area contributed by atoms with Crippen molar-refractivity contribution in [2.75, 3.05) is 19.7 Å². The number of ether oxygens (including phenoxy) is 1. The Balaban J connectivity index is 1.71. The first kappa shape index (κ1) is 18.1. The summed E-state index contributed by atoms with van der Waals surface area (Å²) < 4.78 is 6.82. The molecule has 1 aliphatic heterocycles. The van der Waals surface area contributed by atoms with Gasteiger partial charge in [0.05, 0.1) is 18.8 Å². The molecule has 0 unspecified atom stereocenters. The van der Waals surface area contributed by atoms with Gasteiger partial charge in [-0.15, -0.1) is 0 Å². The zero-order valence-corrected chi connectivity index (χ0v) is 15.6. The summed E-state index contributed by atoms with van der Waals surface area (Å²) in [5, 5.41) is 12.6. The number of halogens is 1. The number of carbonyl (C=O) groups is 1. The van der Waals surface area contributed by atoms with Crippen LogP contribution >= 0.6 is 15.9 Å². The van der Waals surface area contributed by atoms with E-state index in [1.165, 1.54) is 5.56 Å². The van der Waals surface area contributed by atoms with Crippen LogP contribution in [0.3, 0.4) is 0 Å². The van der Waals surface area contributed by atoms with E-state index >= 15 is 0 Å². The van der Waals surface area contributed by atoms with Gasteiger partial charge in [0, 0.05) is 9.89 Å². The van der Waals surface area contributed by atoms with Crippen LogP contribution in [0.5, 0.6) is 0 Å².